The van der Waals surface area contributed by atoms with Crippen molar-refractivity contribution in [1.29, 1.82) is 0 Å². The first-order chi connectivity index (χ1) is 6.27. The largest absolute Gasteiger partial charge is 0.371 e. The Labute approximate surface area is 87.9 Å². The second-order valence-electron chi connectivity index (χ2n) is 2.84. The molecule has 0 saturated heterocycles. The molecule has 0 spiro atoms. The van der Waals surface area contributed by atoms with E-state index in [1.807, 2.05) is 0 Å². The molecule has 0 amide bonds. The number of rotatable bonds is 4. The first-order valence-electron chi connectivity index (χ1n) is 4.48. The lowest BCUT2D eigenvalue weighted by Gasteiger charge is -2.22. The Bertz CT molecular complexity index is 246. The number of nitrogens with two attached hydrogens (primary N) is 1. The van der Waals surface area contributed by atoms with Gasteiger partial charge >= 0.3 is 0 Å². The van der Waals surface area contributed by atoms with E-state index in [1.54, 1.807) is 0 Å². The minimum atomic E-state index is 0.698. The third-order valence-corrected chi connectivity index (χ3v) is 2.50. The third kappa shape index (κ3) is 3.01. The molecule has 0 bridgehead atoms. The molecule has 0 aliphatic heterocycles. The number of halogens is 1. The second-order valence-corrected chi connectivity index (χ2v) is 3.76. The summed E-state index contributed by atoms with van der Waals surface area (Å²) in [7, 11) is 0. The van der Waals surface area contributed by atoms with E-state index in [-0.39, 0.29) is 0 Å². The van der Waals surface area contributed by atoms with Crippen LogP contribution in [-0.4, -0.2) is 19.6 Å². The smallest absolute Gasteiger partial charge is 0.0367 e. The Hall–Kier alpha value is -0.540. The number of likely N-dealkylation sites (N-methyl/N-ethyl adjacent to an activating group) is 1. The zero-order valence-corrected chi connectivity index (χ0v) is 9.42. The molecule has 0 aliphatic rings. The van der Waals surface area contributed by atoms with E-state index in [9.17, 15) is 0 Å². The fourth-order valence-electron chi connectivity index (χ4n) is 1.28. The van der Waals surface area contributed by atoms with Crippen molar-refractivity contribution in [2.24, 2.45) is 5.73 Å². The molecule has 1 aromatic carbocycles. The molecule has 72 valence electrons. The Morgan fingerprint density at radius 1 is 1.31 bits per heavy atom. The molecule has 2 nitrogen and oxygen atoms in total. The number of anilines is 1. The zero-order chi connectivity index (χ0) is 9.68. The van der Waals surface area contributed by atoms with Crippen LogP contribution in [-0.2, 0) is 0 Å². The van der Waals surface area contributed by atoms with E-state index in [2.05, 4.69) is 52.0 Å². The molecule has 0 radical (unpaired) electrons. The van der Waals surface area contributed by atoms with Crippen LogP contribution in [0.3, 0.4) is 0 Å². The minimum Gasteiger partial charge on any atom is -0.371 e. The maximum absolute atomic E-state index is 5.52. The summed E-state index contributed by atoms with van der Waals surface area (Å²) >= 11 is 3.41. The summed E-state index contributed by atoms with van der Waals surface area (Å²) < 4.78 is 1.11. The van der Waals surface area contributed by atoms with Crippen LogP contribution in [0.5, 0.6) is 0 Å². The van der Waals surface area contributed by atoms with Gasteiger partial charge in [-0.1, -0.05) is 15.9 Å². The highest BCUT2D eigenvalue weighted by molar-refractivity contribution is 9.10. The number of hydrogen-bond acceptors (Lipinski definition) is 2. The van der Waals surface area contributed by atoms with Crippen molar-refractivity contribution in [3.63, 3.8) is 0 Å². The van der Waals surface area contributed by atoms with Gasteiger partial charge in [-0.05, 0) is 31.2 Å². The first-order valence-corrected chi connectivity index (χ1v) is 5.27. The normalized spacial score (nSPS) is 10.1. The molecule has 0 unspecified atom stereocenters. The van der Waals surface area contributed by atoms with Gasteiger partial charge in [0, 0.05) is 29.8 Å². The average Bonchev–Trinajstić information content (AvgIpc) is 2.16. The molecule has 0 fully saturated rings. The highest BCUT2D eigenvalue weighted by Crippen LogP contribution is 2.17. The summed E-state index contributed by atoms with van der Waals surface area (Å²) in [5.41, 5.74) is 6.75. The standard InChI is InChI=1S/C10H15BrN2/c1-2-13(8-7-12)10-5-3-9(11)4-6-10/h3-6H,2,7-8,12H2,1H3. The predicted octanol–water partition coefficient (Wildman–Crippen LogP) is 2.23. The van der Waals surface area contributed by atoms with E-state index in [0.717, 1.165) is 17.6 Å². The fraction of sp³-hybridized carbons (Fsp3) is 0.400. The van der Waals surface area contributed by atoms with Gasteiger partial charge in [0.05, 0.1) is 0 Å². The summed E-state index contributed by atoms with van der Waals surface area (Å²) in [6, 6.07) is 8.30. The van der Waals surface area contributed by atoms with Crippen LogP contribution in [0.2, 0.25) is 0 Å². The van der Waals surface area contributed by atoms with Crippen LogP contribution >= 0.6 is 15.9 Å². The molecule has 1 rings (SSSR count). The van der Waals surface area contributed by atoms with Crippen LogP contribution in [0.15, 0.2) is 28.7 Å². The fourth-order valence-corrected chi connectivity index (χ4v) is 1.54. The molecule has 0 heterocycles. The van der Waals surface area contributed by atoms with Crippen molar-refractivity contribution in [2.45, 2.75) is 6.92 Å². The van der Waals surface area contributed by atoms with Crippen LogP contribution in [0.25, 0.3) is 0 Å². The molecule has 3 heteroatoms. The summed E-state index contributed by atoms with van der Waals surface area (Å²) in [4.78, 5) is 2.26. The zero-order valence-electron chi connectivity index (χ0n) is 7.83. The van der Waals surface area contributed by atoms with Gasteiger partial charge in [0.1, 0.15) is 0 Å². The Kier molecular flexibility index (Phi) is 4.25. The van der Waals surface area contributed by atoms with Crippen molar-refractivity contribution in [3.8, 4) is 0 Å². The Morgan fingerprint density at radius 3 is 2.38 bits per heavy atom. The van der Waals surface area contributed by atoms with Gasteiger partial charge in [0.15, 0.2) is 0 Å². The van der Waals surface area contributed by atoms with Gasteiger partial charge in [-0.2, -0.15) is 0 Å². The third-order valence-electron chi connectivity index (χ3n) is 1.97. The van der Waals surface area contributed by atoms with E-state index in [0.29, 0.717) is 6.54 Å². The van der Waals surface area contributed by atoms with Crippen LogP contribution in [0.4, 0.5) is 5.69 Å². The van der Waals surface area contributed by atoms with Gasteiger partial charge in [-0.3, -0.25) is 0 Å². The second kappa shape index (κ2) is 5.25. The van der Waals surface area contributed by atoms with E-state index >= 15 is 0 Å². The summed E-state index contributed by atoms with van der Waals surface area (Å²) in [5, 5.41) is 0. The first kappa shape index (κ1) is 10.5. The van der Waals surface area contributed by atoms with Gasteiger partial charge in [-0.15, -0.1) is 0 Å². The molecule has 0 atom stereocenters. The number of nitrogens with zero attached hydrogens (tertiary/aromatic N) is 1. The molecule has 13 heavy (non-hydrogen) atoms. The molecular weight excluding hydrogens is 228 g/mol. The van der Waals surface area contributed by atoms with Crippen LogP contribution < -0.4 is 10.6 Å². The molecular formula is C10H15BrN2. The van der Waals surface area contributed by atoms with Gasteiger partial charge < -0.3 is 10.6 Å². The van der Waals surface area contributed by atoms with Crippen molar-refractivity contribution in [1.82, 2.24) is 0 Å². The summed E-state index contributed by atoms with van der Waals surface area (Å²) in [5.74, 6) is 0. The molecule has 0 saturated carbocycles. The van der Waals surface area contributed by atoms with Crippen LogP contribution in [0, 0.1) is 0 Å². The van der Waals surface area contributed by atoms with E-state index in [1.165, 1.54) is 5.69 Å². The predicted molar refractivity (Wildman–Crippen MR) is 61.1 cm³/mol. The number of hydrogen-bond donors (Lipinski definition) is 1. The van der Waals surface area contributed by atoms with E-state index < -0.39 is 0 Å². The molecule has 0 aromatic heterocycles. The van der Waals surface area contributed by atoms with Gasteiger partial charge in [0.2, 0.25) is 0 Å². The summed E-state index contributed by atoms with van der Waals surface area (Å²) in [6.45, 7) is 4.75. The number of benzene rings is 1. The minimum absolute atomic E-state index is 0.698. The Balaban J connectivity index is 2.73. The highest BCUT2D eigenvalue weighted by atomic mass is 79.9. The van der Waals surface area contributed by atoms with Crippen LogP contribution in [0.1, 0.15) is 6.92 Å². The van der Waals surface area contributed by atoms with E-state index in [4.69, 9.17) is 5.73 Å². The van der Waals surface area contributed by atoms with Crippen molar-refractivity contribution >= 4 is 21.6 Å². The maximum Gasteiger partial charge on any atom is 0.0367 e. The van der Waals surface area contributed by atoms with Crippen molar-refractivity contribution in [3.05, 3.63) is 28.7 Å². The molecule has 0 aliphatic carbocycles. The Morgan fingerprint density at radius 2 is 1.92 bits per heavy atom. The van der Waals surface area contributed by atoms with Crippen molar-refractivity contribution in [2.75, 3.05) is 24.5 Å². The van der Waals surface area contributed by atoms with Gasteiger partial charge in [0.25, 0.3) is 0 Å². The quantitative estimate of drug-likeness (QED) is 0.878. The SMILES string of the molecule is CCN(CCN)c1ccc(Br)cc1. The van der Waals surface area contributed by atoms with Gasteiger partial charge in [-0.25, -0.2) is 0 Å². The molecule has 1 aromatic rings. The average molecular weight is 243 g/mol. The lowest BCUT2D eigenvalue weighted by molar-refractivity contribution is 0.817. The lowest BCUT2D eigenvalue weighted by atomic mass is 10.3. The van der Waals surface area contributed by atoms with Crippen molar-refractivity contribution < 1.29 is 0 Å². The monoisotopic (exact) mass is 242 g/mol. The lowest BCUT2D eigenvalue weighted by Crippen LogP contribution is -2.28. The highest BCUT2D eigenvalue weighted by Gasteiger charge is 2.01. The topological polar surface area (TPSA) is 29.3 Å². The summed E-state index contributed by atoms with van der Waals surface area (Å²) in [6.07, 6.45) is 0. The maximum atomic E-state index is 5.52. The molecule has 2 N–H and O–H groups in total.